The molecule has 2 aliphatic rings. The highest BCUT2D eigenvalue weighted by molar-refractivity contribution is 8.21. The quantitative estimate of drug-likeness (QED) is 0.363. The van der Waals surface area contributed by atoms with E-state index in [9.17, 15) is 23.3 Å². The van der Waals surface area contributed by atoms with Crippen LogP contribution in [-0.2, 0) is 14.8 Å². The van der Waals surface area contributed by atoms with Crippen molar-refractivity contribution >= 4 is 51.4 Å². The van der Waals surface area contributed by atoms with Crippen LogP contribution in [0.1, 0.15) is 17.5 Å². The summed E-state index contributed by atoms with van der Waals surface area (Å²) in [6.07, 6.45) is 1.55. The molecule has 2 saturated heterocycles. The Morgan fingerprint density at radius 2 is 1.88 bits per heavy atom. The van der Waals surface area contributed by atoms with Crippen molar-refractivity contribution in [1.29, 1.82) is 0 Å². The van der Waals surface area contributed by atoms with Gasteiger partial charge in [-0.3, -0.25) is 14.9 Å². The van der Waals surface area contributed by atoms with Crippen LogP contribution in [0.3, 0.4) is 0 Å². The molecule has 1 amide bonds. The van der Waals surface area contributed by atoms with Crippen LogP contribution in [0.4, 0.5) is 5.69 Å². The Morgan fingerprint density at radius 3 is 2.55 bits per heavy atom. The number of nitrogens with zero attached hydrogens (tertiary/aromatic N) is 3. The van der Waals surface area contributed by atoms with E-state index >= 15 is 0 Å². The van der Waals surface area contributed by atoms with Gasteiger partial charge < -0.3 is 0 Å². The zero-order valence-electron chi connectivity index (χ0n) is 17.7. The Balaban J connectivity index is 1.58. The van der Waals surface area contributed by atoms with Gasteiger partial charge in [0.05, 0.1) is 25.7 Å². The van der Waals surface area contributed by atoms with Crippen LogP contribution in [0.5, 0.6) is 0 Å². The van der Waals surface area contributed by atoms with Crippen LogP contribution in [0, 0.1) is 17.0 Å². The Labute approximate surface area is 200 Å². The molecule has 1 atom stereocenters. The molecule has 0 radical (unpaired) electrons. The van der Waals surface area contributed by atoms with Crippen LogP contribution in [-0.4, -0.2) is 57.9 Å². The summed E-state index contributed by atoms with van der Waals surface area (Å²) in [5.41, 5.74) is 3.42. The van der Waals surface area contributed by atoms with Gasteiger partial charge in [-0.15, -0.1) is 23.5 Å². The molecule has 2 aromatic rings. The predicted octanol–water partition coefficient (Wildman–Crippen LogP) is 2.99. The normalized spacial score (nSPS) is 20.5. The molecule has 2 aromatic carbocycles. The second-order valence-corrected chi connectivity index (χ2v) is 12.8. The lowest BCUT2D eigenvalue weighted by Gasteiger charge is -2.23. The second-order valence-electron chi connectivity index (χ2n) is 7.74. The number of benzene rings is 2. The molecular formula is C21H22N4O5S3. The first kappa shape index (κ1) is 23.7. The summed E-state index contributed by atoms with van der Waals surface area (Å²) in [6, 6.07) is 11.6. The van der Waals surface area contributed by atoms with Gasteiger partial charge >= 0.3 is 0 Å². The highest BCUT2D eigenvalue weighted by Crippen LogP contribution is 2.52. The van der Waals surface area contributed by atoms with E-state index in [4.69, 9.17) is 0 Å². The molecule has 2 heterocycles. The van der Waals surface area contributed by atoms with Gasteiger partial charge in [-0.25, -0.2) is 13.8 Å². The molecule has 9 nitrogen and oxygen atoms in total. The molecule has 1 spiro atoms. The molecule has 1 N–H and O–H groups in total. The van der Waals surface area contributed by atoms with Gasteiger partial charge in [-0.2, -0.15) is 9.41 Å². The van der Waals surface area contributed by atoms with Crippen molar-refractivity contribution in [3.63, 3.8) is 0 Å². The van der Waals surface area contributed by atoms with E-state index in [-0.39, 0.29) is 26.8 Å². The molecule has 2 aliphatic heterocycles. The molecule has 4 rings (SSSR count). The number of thioether (sulfide) groups is 2. The Hall–Kier alpha value is -2.41. The molecule has 174 valence electrons. The third-order valence-corrected chi connectivity index (χ3v) is 10.8. The maximum atomic E-state index is 13.4. The van der Waals surface area contributed by atoms with Crippen molar-refractivity contribution < 1.29 is 18.1 Å². The van der Waals surface area contributed by atoms with Gasteiger partial charge in [0, 0.05) is 24.1 Å². The average molecular weight is 507 g/mol. The summed E-state index contributed by atoms with van der Waals surface area (Å²) >= 11 is 3.36. The van der Waals surface area contributed by atoms with Gasteiger partial charge in [0.25, 0.3) is 11.6 Å². The standard InChI is InChI=1S/C21H22N4O5S3/c1-15-6-8-17(9-7-15)33(29,30)24-14-21(31-10-11-32-21)12-19(24)20(26)23-22-13-16-4-2-3-5-18(16)25(27)28/h2-9,13,19H,10-12,14H2,1H3,(H,23,26)/b22-13+/t19-/m0/s1. The number of carbonyl (C=O) groups excluding carboxylic acids is 1. The molecule has 33 heavy (non-hydrogen) atoms. The van der Waals surface area contributed by atoms with Gasteiger partial charge in [0.15, 0.2) is 0 Å². The smallest absolute Gasteiger partial charge is 0.271 e. The van der Waals surface area contributed by atoms with Gasteiger partial charge in [0.1, 0.15) is 6.04 Å². The van der Waals surface area contributed by atoms with Crippen molar-refractivity contribution in [2.45, 2.75) is 28.4 Å². The van der Waals surface area contributed by atoms with Gasteiger partial charge in [-0.05, 0) is 31.5 Å². The first-order valence-electron chi connectivity index (χ1n) is 10.1. The van der Waals surface area contributed by atoms with E-state index in [0.717, 1.165) is 17.1 Å². The summed E-state index contributed by atoms with van der Waals surface area (Å²) in [4.78, 5) is 23.8. The van der Waals surface area contributed by atoms with Crippen LogP contribution in [0.2, 0.25) is 0 Å². The zero-order chi connectivity index (χ0) is 23.6. The van der Waals surface area contributed by atoms with E-state index in [2.05, 4.69) is 10.5 Å². The molecule has 0 unspecified atom stereocenters. The Bertz CT molecular complexity index is 1190. The molecule has 12 heteroatoms. The van der Waals surface area contributed by atoms with E-state index < -0.39 is 26.9 Å². The van der Waals surface area contributed by atoms with Crippen molar-refractivity contribution in [2.24, 2.45) is 5.10 Å². The summed E-state index contributed by atoms with van der Waals surface area (Å²) in [5.74, 6) is 1.23. The average Bonchev–Trinajstić information content (AvgIpc) is 3.42. The number of aryl methyl sites for hydroxylation is 1. The van der Waals surface area contributed by atoms with Gasteiger partial charge in [-0.1, -0.05) is 29.8 Å². The first-order valence-corrected chi connectivity index (χ1v) is 13.6. The highest BCUT2D eigenvalue weighted by atomic mass is 32.2. The lowest BCUT2D eigenvalue weighted by molar-refractivity contribution is -0.385. The fourth-order valence-electron chi connectivity index (χ4n) is 3.84. The number of amides is 1. The first-order chi connectivity index (χ1) is 15.7. The number of nitrogens with one attached hydrogen (secondary N) is 1. The fourth-order valence-corrected chi connectivity index (χ4v) is 8.91. The third-order valence-electron chi connectivity index (χ3n) is 5.50. The largest absolute Gasteiger partial charge is 0.278 e. The fraction of sp³-hybridized carbons (Fsp3) is 0.333. The summed E-state index contributed by atoms with van der Waals surface area (Å²) in [6.45, 7) is 2.10. The Kier molecular flexibility index (Phi) is 6.80. The zero-order valence-corrected chi connectivity index (χ0v) is 20.2. The SMILES string of the molecule is Cc1ccc(S(=O)(=O)N2CC3(C[C@H]2C(=O)N/N=C/c2ccccc2[N+](=O)[O-])SCCS3)cc1. The maximum Gasteiger partial charge on any atom is 0.278 e. The molecular weight excluding hydrogens is 484 g/mol. The summed E-state index contributed by atoms with van der Waals surface area (Å²) in [7, 11) is -3.90. The predicted molar refractivity (Wildman–Crippen MR) is 130 cm³/mol. The van der Waals surface area contributed by atoms with Crippen LogP contribution in [0.15, 0.2) is 58.5 Å². The number of rotatable bonds is 6. The minimum absolute atomic E-state index is 0.138. The van der Waals surface area contributed by atoms with Crippen molar-refractivity contribution in [2.75, 3.05) is 18.1 Å². The summed E-state index contributed by atoms with van der Waals surface area (Å²) < 4.78 is 27.7. The molecule has 2 fully saturated rings. The van der Waals surface area contributed by atoms with Crippen LogP contribution in [0.25, 0.3) is 0 Å². The monoisotopic (exact) mass is 506 g/mol. The number of carbonyl (C=O) groups is 1. The highest BCUT2D eigenvalue weighted by Gasteiger charge is 2.53. The number of hydrogen-bond acceptors (Lipinski definition) is 8. The molecule has 0 aliphatic carbocycles. The molecule has 0 aromatic heterocycles. The van der Waals surface area contributed by atoms with E-state index in [1.54, 1.807) is 53.9 Å². The number of hydrazone groups is 1. The van der Waals surface area contributed by atoms with E-state index in [1.165, 1.54) is 28.7 Å². The number of hydrogen-bond donors (Lipinski definition) is 1. The minimum Gasteiger partial charge on any atom is -0.271 e. The van der Waals surface area contributed by atoms with Crippen molar-refractivity contribution in [1.82, 2.24) is 9.73 Å². The van der Waals surface area contributed by atoms with Gasteiger partial charge in [0.2, 0.25) is 10.0 Å². The molecule has 0 saturated carbocycles. The molecule has 0 bridgehead atoms. The number of sulfonamides is 1. The Morgan fingerprint density at radius 1 is 1.21 bits per heavy atom. The van der Waals surface area contributed by atoms with Crippen molar-refractivity contribution in [3.8, 4) is 0 Å². The van der Waals surface area contributed by atoms with Crippen LogP contribution < -0.4 is 5.43 Å². The summed E-state index contributed by atoms with van der Waals surface area (Å²) in [5, 5.41) is 15.0. The van der Waals surface area contributed by atoms with E-state index in [1.807, 2.05) is 6.92 Å². The number of para-hydroxylation sites is 1. The van der Waals surface area contributed by atoms with E-state index in [0.29, 0.717) is 6.42 Å². The topological polar surface area (TPSA) is 122 Å². The van der Waals surface area contributed by atoms with Crippen LogP contribution >= 0.6 is 23.5 Å². The second kappa shape index (κ2) is 9.45. The van der Waals surface area contributed by atoms with Crippen molar-refractivity contribution in [3.05, 3.63) is 69.8 Å². The maximum absolute atomic E-state index is 13.4. The number of nitro groups is 1. The lowest BCUT2D eigenvalue weighted by atomic mass is 10.2. The minimum atomic E-state index is -3.90. The third kappa shape index (κ3) is 4.93. The number of nitro benzene ring substituents is 1. The lowest BCUT2D eigenvalue weighted by Crippen LogP contribution is -2.44.